The van der Waals surface area contributed by atoms with Gasteiger partial charge in [0.1, 0.15) is 5.75 Å². The first-order valence-electron chi connectivity index (χ1n) is 7.07. The molecule has 0 heterocycles. The molecule has 3 heteroatoms. The molecule has 3 rings (SSSR count). The van der Waals surface area contributed by atoms with Crippen LogP contribution in [0.25, 0.3) is 16.3 Å². The van der Waals surface area contributed by atoms with Gasteiger partial charge in [-0.2, -0.15) is 0 Å². The second-order valence-corrected chi connectivity index (χ2v) is 5.72. The summed E-state index contributed by atoms with van der Waals surface area (Å²) in [6, 6.07) is 12.0. The molecule has 0 radical (unpaired) electrons. The van der Waals surface area contributed by atoms with Crippen molar-refractivity contribution in [1.29, 1.82) is 0 Å². The predicted octanol–water partition coefficient (Wildman–Crippen LogP) is 4.12. The third kappa shape index (κ3) is 2.19. The maximum Gasteiger partial charge on any atom is 0.313 e. The average Bonchev–Trinajstić information content (AvgIpc) is 2.89. The van der Waals surface area contributed by atoms with Crippen molar-refractivity contribution in [2.45, 2.75) is 19.8 Å². The fourth-order valence-corrected chi connectivity index (χ4v) is 3.04. The van der Waals surface area contributed by atoms with E-state index in [1.807, 2.05) is 37.3 Å². The highest BCUT2D eigenvalue weighted by Crippen LogP contribution is 2.45. The first-order valence-corrected chi connectivity index (χ1v) is 7.07. The van der Waals surface area contributed by atoms with Crippen LogP contribution >= 0.6 is 0 Å². The molecule has 0 fully saturated rings. The molecule has 0 bridgehead atoms. The van der Waals surface area contributed by atoms with E-state index >= 15 is 0 Å². The zero-order valence-electron chi connectivity index (χ0n) is 12.2. The van der Waals surface area contributed by atoms with E-state index in [1.165, 1.54) is 0 Å². The van der Waals surface area contributed by atoms with Crippen LogP contribution < -0.4 is 4.74 Å². The third-order valence-corrected chi connectivity index (χ3v) is 4.42. The van der Waals surface area contributed by atoms with Crippen LogP contribution in [-0.4, -0.2) is 18.2 Å². The number of carbonyl (C=O) groups is 1. The van der Waals surface area contributed by atoms with Crippen LogP contribution in [0.15, 0.2) is 42.5 Å². The highest BCUT2D eigenvalue weighted by atomic mass is 16.5. The highest BCUT2D eigenvalue weighted by Gasteiger charge is 2.40. The molecule has 0 aromatic heterocycles. The van der Waals surface area contributed by atoms with E-state index < -0.39 is 11.4 Å². The van der Waals surface area contributed by atoms with E-state index in [-0.39, 0.29) is 0 Å². The summed E-state index contributed by atoms with van der Waals surface area (Å²) in [4.78, 5) is 11.6. The molecule has 2 aromatic rings. The number of methoxy groups -OCH3 is 1. The van der Waals surface area contributed by atoms with Crippen LogP contribution in [0, 0.1) is 5.41 Å². The molecule has 21 heavy (non-hydrogen) atoms. The first-order chi connectivity index (χ1) is 10.0. The van der Waals surface area contributed by atoms with Crippen molar-refractivity contribution in [3.63, 3.8) is 0 Å². The largest absolute Gasteiger partial charge is 0.497 e. The number of aliphatic carboxylic acids is 1. The summed E-state index contributed by atoms with van der Waals surface area (Å²) in [5, 5.41) is 11.7. The minimum Gasteiger partial charge on any atom is -0.497 e. The number of ether oxygens (including phenoxy) is 1. The molecule has 1 N–H and O–H groups in total. The summed E-state index contributed by atoms with van der Waals surface area (Å²) in [6.45, 7) is 1.81. The second-order valence-electron chi connectivity index (χ2n) is 5.72. The van der Waals surface area contributed by atoms with Crippen molar-refractivity contribution in [2.75, 3.05) is 7.11 Å². The van der Waals surface area contributed by atoms with Crippen molar-refractivity contribution in [1.82, 2.24) is 0 Å². The molecule has 0 unspecified atom stereocenters. The third-order valence-electron chi connectivity index (χ3n) is 4.42. The Labute approximate surface area is 123 Å². The Balaban J connectivity index is 2.08. The molecule has 0 saturated heterocycles. The fourth-order valence-electron chi connectivity index (χ4n) is 3.04. The van der Waals surface area contributed by atoms with Gasteiger partial charge < -0.3 is 9.84 Å². The Morgan fingerprint density at radius 3 is 2.62 bits per heavy atom. The van der Waals surface area contributed by atoms with Crippen molar-refractivity contribution in [3.8, 4) is 5.75 Å². The summed E-state index contributed by atoms with van der Waals surface area (Å²) < 4.78 is 5.23. The lowest BCUT2D eigenvalue weighted by atomic mass is 9.80. The number of carboxylic acid groups (broad SMARTS) is 1. The van der Waals surface area contributed by atoms with E-state index in [0.717, 1.165) is 34.1 Å². The standard InChI is InChI=1S/C18H18O3/c1-18(17(19)20)9-3-4-16(18)14-6-5-13-11-15(21-2)8-7-12(13)10-14/h4-8,10-11H,3,9H2,1-2H3,(H,19,20)/t18-/m0/s1. The molecule has 1 aliphatic rings. The van der Waals surface area contributed by atoms with E-state index in [2.05, 4.69) is 12.1 Å². The second kappa shape index (κ2) is 4.92. The van der Waals surface area contributed by atoms with Gasteiger partial charge in [-0.25, -0.2) is 0 Å². The summed E-state index contributed by atoms with van der Waals surface area (Å²) >= 11 is 0. The summed E-state index contributed by atoms with van der Waals surface area (Å²) in [5.74, 6) is 0.0757. The minimum absolute atomic E-state index is 0.665. The maximum atomic E-state index is 11.6. The Hall–Kier alpha value is -2.29. The van der Waals surface area contributed by atoms with Crippen LogP contribution in [0.4, 0.5) is 0 Å². The summed E-state index contributed by atoms with van der Waals surface area (Å²) in [5.41, 5.74) is 1.14. The topological polar surface area (TPSA) is 46.5 Å². The number of hydrogen-bond acceptors (Lipinski definition) is 2. The number of fused-ring (bicyclic) bond motifs is 1. The van der Waals surface area contributed by atoms with Gasteiger partial charge >= 0.3 is 5.97 Å². The zero-order valence-corrected chi connectivity index (χ0v) is 12.2. The van der Waals surface area contributed by atoms with Gasteiger partial charge in [0, 0.05) is 0 Å². The van der Waals surface area contributed by atoms with Gasteiger partial charge in [-0.3, -0.25) is 4.79 Å². The Kier molecular flexibility index (Phi) is 3.20. The monoisotopic (exact) mass is 282 g/mol. The van der Waals surface area contributed by atoms with E-state index in [9.17, 15) is 9.90 Å². The maximum absolute atomic E-state index is 11.6. The molecule has 2 aromatic carbocycles. The van der Waals surface area contributed by atoms with E-state index in [4.69, 9.17) is 4.74 Å². The number of allylic oxidation sites excluding steroid dienone is 1. The Morgan fingerprint density at radius 1 is 1.19 bits per heavy atom. The van der Waals surface area contributed by atoms with Gasteiger partial charge in [-0.15, -0.1) is 0 Å². The van der Waals surface area contributed by atoms with Gasteiger partial charge in [-0.05, 0) is 59.9 Å². The SMILES string of the molecule is COc1ccc2cc(C3=CCC[C@]3(C)C(=O)O)ccc2c1. The number of benzene rings is 2. The molecule has 3 nitrogen and oxygen atoms in total. The normalized spacial score (nSPS) is 21.3. The van der Waals surface area contributed by atoms with Crippen LogP contribution in [-0.2, 0) is 4.79 Å². The van der Waals surface area contributed by atoms with E-state index in [1.54, 1.807) is 7.11 Å². The van der Waals surface area contributed by atoms with Crippen molar-refractivity contribution < 1.29 is 14.6 Å². The average molecular weight is 282 g/mol. The quantitative estimate of drug-likeness (QED) is 0.921. The van der Waals surface area contributed by atoms with Gasteiger partial charge in [0.05, 0.1) is 12.5 Å². The van der Waals surface area contributed by atoms with Gasteiger partial charge in [0.15, 0.2) is 0 Å². The summed E-state index contributed by atoms with van der Waals surface area (Å²) in [6.07, 6.45) is 3.54. The van der Waals surface area contributed by atoms with Crippen LogP contribution in [0.3, 0.4) is 0 Å². The number of hydrogen-bond donors (Lipinski definition) is 1. The molecule has 1 aliphatic carbocycles. The van der Waals surface area contributed by atoms with Gasteiger partial charge in [0.25, 0.3) is 0 Å². The number of rotatable bonds is 3. The molecule has 0 amide bonds. The highest BCUT2D eigenvalue weighted by molar-refractivity contribution is 5.95. The Morgan fingerprint density at radius 2 is 1.90 bits per heavy atom. The fraction of sp³-hybridized carbons (Fsp3) is 0.278. The lowest BCUT2D eigenvalue weighted by molar-refractivity contribution is -0.144. The Bertz CT molecular complexity index is 745. The van der Waals surface area contributed by atoms with E-state index in [0.29, 0.717) is 6.42 Å². The molecule has 0 spiro atoms. The predicted molar refractivity (Wildman–Crippen MR) is 83.5 cm³/mol. The van der Waals surface area contributed by atoms with Crippen LogP contribution in [0.2, 0.25) is 0 Å². The lowest BCUT2D eigenvalue weighted by Crippen LogP contribution is -2.26. The van der Waals surface area contributed by atoms with Crippen LogP contribution in [0.1, 0.15) is 25.3 Å². The summed E-state index contributed by atoms with van der Waals surface area (Å²) in [7, 11) is 1.65. The zero-order chi connectivity index (χ0) is 15.0. The molecular formula is C18H18O3. The number of carboxylic acids is 1. The molecule has 1 atom stereocenters. The van der Waals surface area contributed by atoms with Gasteiger partial charge in [-0.1, -0.05) is 24.3 Å². The molecular weight excluding hydrogens is 264 g/mol. The molecule has 0 saturated carbocycles. The minimum atomic E-state index is -0.778. The van der Waals surface area contributed by atoms with Crippen molar-refractivity contribution in [2.24, 2.45) is 5.41 Å². The van der Waals surface area contributed by atoms with Crippen molar-refractivity contribution in [3.05, 3.63) is 48.0 Å². The van der Waals surface area contributed by atoms with Crippen LogP contribution in [0.5, 0.6) is 5.75 Å². The molecule has 108 valence electrons. The smallest absolute Gasteiger partial charge is 0.313 e. The van der Waals surface area contributed by atoms with Crippen molar-refractivity contribution >= 4 is 22.3 Å². The van der Waals surface area contributed by atoms with Gasteiger partial charge in [0.2, 0.25) is 0 Å². The first kappa shape index (κ1) is 13.7. The molecule has 0 aliphatic heterocycles. The lowest BCUT2D eigenvalue weighted by Gasteiger charge is -2.23.